The summed E-state index contributed by atoms with van der Waals surface area (Å²) in [5.74, 6) is 0. The average Bonchev–Trinajstić information content (AvgIpc) is 3.56. The predicted molar refractivity (Wildman–Crippen MR) is 279 cm³/mol. The summed E-state index contributed by atoms with van der Waals surface area (Å²) >= 11 is 0. The zero-order chi connectivity index (χ0) is 45.4. The van der Waals surface area contributed by atoms with Crippen molar-refractivity contribution >= 4 is 79.0 Å². The molecule has 0 saturated heterocycles. The second-order valence-electron chi connectivity index (χ2n) is 22.9. The first kappa shape index (κ1) is 42.0. The number of hydrogen-bond acceptors (Lipinski definition) is 2. The summed E-state index contributed by atoms with van der Waals surface area (Å²) < 4.78 is 2.51. The third-order valence-corrected chi connectivity index (χ3v) is 14.2. The third kappa shape index (κ3) is 6.62. The van der Waals surface area contributed by atoms with Crippen LogP contribution >= 0.6 is 0 Å². The van der Waals surface area contributed by atoms with Gasteiger partial charge in [-0.05, 0) is 134 Å². The van der Waals surface area contributed by atoms with Crippen molar-refractivity contribution in [1.82, 2.24) is 4.57 Å². The molecule has 0 amide bonds. The number of aromatic nitrogens is 1. The average molecular weight is 838 g/mol. The molecule has 3 heterocycles. The Morgan fingerprint density at radius 1 is 0.359 bits per heavy atom. The highest BCUT2D eigenvalue weighted by Gasteiger charge is 2.45. The molecule has 4 heteroatoms. The summed E-state index contributed by atoms with van der Waals surface area (Å²) in [7, 11) is 0. The van der Waals surface area contributed by atoms with Crippen LogP contribution in [0.4, 0.5) is 34.1 Å². The largest absolute Gasteiger partial charge is 0.311 e. The van der Waals surface area contributed by atoms with Crippen LogP contribution < -0.4 is 26.2 Å². The Morgan fingerprint density at radius 2 is 0.766 bits per heavy atom. The van der Waals surface area contributed by atoms with Gasteiger partial charge in [-0.3, -0.25) is 0 Å². The topological polar surface area (TPSA) is 11.4 Å². The van der Waals surface area contributed by atoms with Crippen LogP contribution in [0.2, 0.25) is 0 Å². The number of nitrogens with zero attached hydrogens (tertiary/aromatic N) is 3. The fourth-order valence-electron chi connectivity index (χ4n) is 10.5. The molecule has 322 valence electrons. The highest BCUT2D eigenvalue weighted by Crippen LogP contribution is 2.49. The van der Waals surface area contributed by atoms with Crippen LogP contribution in [0.15, 0.2) is 133 Å². The lowest BCUT2D eigenvalue weighted by molar-refractivity contribution is 0.589. The normalized spacial score (nSPS) is 14.0. The van der Waals surface area contributed by atoms with Crippen molar-refractivity contribution in [3.63, 3.8) is 0 Å². The zero-order valence-corrected chi connectivity index (χ0v) is 40.6. The molecule has 3 nitrogen and oxygen atoms in total. The van der Waals surface area contributed by atoms with Crippen LogP contribution in [0.1, 0.15) is 116 Å². The zero-order valence-electron chi connectivity index (χ0n) is 40.6. The third-order valence-electron chi connectivity index (χ3n) is 14.2. The summed E-state index contributed by atoms with van der Waals surface area (Å²) in [4.78, 5) is 5.24. The summed E-state index contributed by atoms with van der Waals surface area (Å²) in [6, 6.07) is 51.9. The molecule has 8 aromatic rings. The molecule has 0 unspecified atom stereocenters. The minimum Gasteiger partial charge on any atom is -0.311 e. The molecule has 2 aliphatic heterocycles. The summed E-state index contributed by atoms with van der Waals surface area (Å²) in [6.07, 6.45) is 0. The van der Waals surface area contributed by atoms with E-state index in [9.17, 15) is 0 Å². The number of fused-ring (bicyclic) bond motifs is 7. The van der Waals surface area contributed by atoms with E-state index < -0.39 is 0 Å². The van der Waals surface area contributed by atoms with Gasteiger partial charge in [0, 0.05) is 44.9 Å². The van der Waals surface area contributed by atoms with Crippen LogP contribution in [0.25, 0.3) is 27.5 Å². The first-order valence-corrected chi connectivity index (χ1v) is 23.4. The Balaban J connectivity index is 1.39. The van der Waals surface area contributed by atoms with E-state index in [4.69, 9.17) is 0 Å². The molecular weight excluding hydrogens is 773 g/mol. The van der Waals surface area contributed by atoms with Crippen LogP contribution in [0.5, 0.6) is 0 Å². The summed E-state index contributed by atoms with van der Waals surface area (Å²) in [6.45, 7) is 32.6. The molecule has 64 heavy (non-hydrogen) atoms. The van der Waals surface area contributed by atoms with Crippen molar-refractivity contribution in [2.75, 3.05) is 9.80 Å². The van der Waals surface area contributed by atoms with E-state index in [2.05, 4.69) is 245 Å². The molecule has 0 spiro atoms. The van der Waals surface area contributed by atoms with E-state index in [-0.39, 0.29) is 28.4 Å². The second-order valence-corrected chi connectivity index (χ2v) is 22.9. The number of anilines is 6. The number of aryl methyl sites for hydroxylation is 2. The van der Waals surface area contributed by atoms with Crippen molar-refractivity contribution in [2.24, 2.45) is 0 Å². The Labute approximate surface area is 382 Å². The smallest absolute Gasteiger partial charge is 0.252 e. The Kier molecular flexibility index (Phi) is 9.35. The molecule has 0 radical (unpaired) electrons. The molecular formula is C60H64BN3. The van der Waals surface area contributed by atoms with Crippen LogP contribution in [0.3, 0.4) is 0 Å². The maximum Gasteiger partial charge on any atom is 0.252 e. The number of benzene rings is 7. The van der Waals surface area contributed by atoms with Gasteiger partial charge < -0.3 is 14.4 Å². The predicted octanol–water partition coefficient (Wildman–Crippen LogP) is 14.7. The molecule has 0 aliphatic carbocycles. The summed E-state index contributed by atoms with van der Waals surface area (Å²) in [5.41, 5.74) is 22.9. The van der Waals surface area contributed by atoms with Gasteiger partial charge in [0.15, 0.2) is 0 Å². The number of para-hydroxylation sites is 2. The Morgan fingerprint density at radius 3 is 1.23 bits per heavy atom. The summed E-state index contributed by atoms with van der Waals surface area (Å²) in [5, 5.41) is 2.53. The molecule has 0 atom stereocenters. The highest BCUT2D eigenvalue weighted by molar-refractivity contribution is 7.00. The van der Waals surface area contributed by atoms with Crippen LogP contribution in [0, 0.1) is 13.8 Å². The molecule has 0 N–H and O–H groups in total. The van der Waals surface area contributed by atoms with Crippen LogP contribution in [-0.2, 0) is 21.7 Å². The van der Waals surface area contributed by atoms with E-state index in [0.29, 0.717) is 0 Å². The molecule has 0 fully saturated rings. The van der Waals surface area contributed by atoms with Crippen molar-refractivity contribution in [2.45, 2.75) is 119 Å². The maximum absolute atomic E-state index is 2.63. The molecule has 2 aliphatic rings. The van der Waals surface area contributed by atoms with Crippen molar-refractivity contribution in [3.8, 4) is 5.69 Å². The first-order chi connectivity index (χ1) is 30.1. The number of rotatable bonds is 3. The van der Waals surface area contributed by atoms with E-state index in [1.807, 2.05) is 0 Å². The first-order valence-electron chi connectivity index (χ1n) is 23.4. The van der Waals surface area contributed by atoms with Gasteiger partial charge in [0.05, 0.1) is 16.7 Å². The van der Waals surface area contributed by atoms with E-state index in [1.165, 1.54) is 106 Å². The lowest BCUT2D eigenvalue weighted by Crippen LogP contribution is -2.61. The Hall–Kier alpha value is -6.00. The van der Waals surface area contributed by atoms with E-state index in [0.717, 1.165) is 5.69 Å². The second kappa shape index (κ2) is 14.3. The lowest BCUT2D eigenvalue weighted by Gasteiger charge is -2.46. The van der Waals surface area contributed by atoms with Crippen LogP contribution in [-0.4, -0.2) is 11.3 Å². The molecule has 10 rings (SSSR count). The molecule has 0 saturated carbocycles. The van der Waals surface area contributed by atoms with E-state index >= 15 is 0 Å². The minimum absolute atomic E-state index is 0.00864. The van der Waals surface area contributed by atoms with Gasteiger partial charge in [-0.2, -0.15) is 0 Å². The van der Waals surface area contributed by atoms with Crippen molar-refractivity contribution < 1.29 is 0 Å². The monoisotopic (exact) mass is 838 g/mol. The molecule has 0 bridgehead atoms. The van der Waals surface area contributed by atoms with Gasteiger partial charge in [-0.15, -0.1) is 0 Å². The lowest BCUT2D eigenvalue weighted by atomic mass is 9.33. The molecule has 7 aromatic carbocycles. The van der Waals surface area contributed by atoms with Crippen molar-refractivity contribution in [3.05, 3.63) is 167 Å². The van der Waals surface area contributed by atoms with Gasteiger partial charge in [-0.25, -0.2) is 0 Å². The van der Waals surface area contributed by atoms with Crippen molar-refractivity contribution in [1.29, 1.82) is 0 Å². The fourth-order valence-corrected chi connectivity index (χ4v) is 10.5. The van der Waals surface area contributed by atoms with Gasteiger partial charge in [0.1, 0.15) is 0 Å². The fraction of sp³-hybridized carbons (Fsp3) is 0.300. The number of hydrogen-bond donors (Lipinski definition) is 0. The van der Waals surface area contributed by atoms with Gasteiger partial charge in [-0.1, -0.05) is 168 Å². The SMILES string of the molecule is Cc1cc(C(C)(C)C)ccc1N1c2ccc(C(C)(C)C)cc2B2c3ccc(C(C)(C)C)cc3N(c3ccc(C(C)(C)C)cc3C)c3cc(-n4c5ccccc5c5ccccc54)cc1c32. The van der Waals surface area contributed by atoms with Gasteiger partial charge >= 0.3 is 0 Å². The quantitative estimate of drug-likeness (QED) is 0.164. The van der Waals surface area contributed by atoms with E-state index in [1.54, 1.807) is 0 Å². The Bertz CT molecular complexity index is 3140. The maximum atomic E-state index is 2.63. The molecule has 1 aromatic heterocycles. The van der Waals surface area contributed by atoms with Gasteiger partial charge in [0.25, 0.3) is 6.71 Å². The van der Waals surface area contributed by atoms with Gasteiger partial charge in [0.2, 0.25) is 0 Å². The standard InChI is InChI=1S/C60H64BN3/c1-37-31-39(57(3,4)5)24-28-48(37)63-52-30-26-41(59(9,10)11)33-47(52)61-46-27-23-42(60(12,13)14)34-53(46)64(49-29-25-40(32-38(49)2)58(6,7)8)55-36-43(35-54(63)56(55)61)62-50-21-17-15-19-44(50)45-20-16-18-22-51(45)62/h15-36H,1-14H3. The highest BCUT2D eigenvalue weighted by atomic mass is 15.2. The minimum atomic E-state index is -0.0421.